The monoisotopic (exact) mass is 450 g/mol. The lowest BCUT2D eigenvalue weighted by Crippen LogP contribution is -2.24. The zero-order chi connectivity index (χ0) is 22.8. The Morgan fingerprint density at radius 2 is 1.66 bits per heavy atom. The van der Waals surface area contributed by atoms with Gasteiger partial charge in [0.15, 0.2) is 6.61 Å². The maximum atomic E-state index is 11.9. The predicted molar refractivity (Wildman–Crippen MR) is 129 cm³/mol. The second-order valence-corrected chi connectivity index (χ2v) is 7.82. The van der Waals surface area contributed by atoms with Gasteiger partial charge in [0.05, 0.1) is 6.21 Å². The first kappa shape index (κ1) is 23.4. The van der Waals surface area contributed by atoms with E-state index in [4.69, 9.17) is 21.1 Å². The van der Waals surface area contributed by atoms with Gasteiger partial charge in [0.1, 0.15) is 18.1 Å². The number of nitrogens with one attached hydrogen (secondary N) is 1. The van der Waals surface area contributed by atoms with Crippen LogP contribution in [0.1, 0.15) is 42.9 Å². The molecule has 32 heavy (non-hydrogen) atoms. The van der Waals surface area contributed by atoms with Gasteiger partial charge in [0, 0.05) is 10.6 Å². The molecule has 3 aromatic rings. The average Bonchev–Trinajstić information content (AvgIpc) is 2.83. The number of nitrogens with zero attached hydrogens (tertiary/aromatic N) is 1. The molecule has 0 radical (unpaired) electrons. The summed E-state index contributed by atoms with van der Waals surface area (Å²) in [5.41, 5.74) is 5.48. The molecule has 0 bridgehead atoms. The Hall–Kier alpha value is -3.31. The highest BCUT2D eigenvalue weighted by atomic mass is 35.5. The molecule has 0 heterocycles. The molecule has 0 fully saturated rings. The van der Waals surface area contributed by atoms with Crippen molar-refractivity contribution in [3.05, 3.63) is 94.5 Å². The summed E-state index contributed by atoms with van der Waals surface area (Å²) in [6.45, 7) is 4.63. The van der Waals surface area contributed by atoms with Crippen LogP contribution in [-0.2, 0) is 11.4 Å². The van der Waals surface area contributed by atoms with E-state index in [0.717, 1.165) is 23.3 Å². The largest absolute Gasteiger partial charge is 0.489 e. The van der Waals surface area contributed by atoms with Crippen LogP contribution in [0.15, 0.2) is 77.9 Å². The summed E-state index contributed by atoms with van der Waals surface area (Å²) in [5.74, 6) is 1.55. The quantitative estimate of drug-likeness (QED) is 0.306. The smallest absolute Gasteiger partial charge is 0.277 e. The van der Waals surface area contributed by atoms with Crippen LogP contribution < -0.4 is 14.9 Å². The first-order valence-corrected chi connectivity index (χ1v) is 10.9. The molecule has 1 unspecified atom stereocenters. The Kier molecular flexibility index (Phi) is 8.70. The highest BCUT2D eigenvalue weighted by molar-refractivity contribution is 6.31. The van der Waals surface area contributed by atoms with E-state index in [1.165, 1.54) is 5.56 Å². The van der Waals surface area contributed by atoms with Crippen molar-refractivity contribution < 1.29 is 14.3 Å². The Morgan fingerprint density at radius 1 is 1.00 bits per heavy atom. The molecular formula is C26H27ClN2O3. The van der Waals surface area contributed by atoms with Crippen molar-refractivity contribution in [2.75, 3.05) is 6.61 Å². The standard InChI is InChI=1S/C26H27ClN2O3/c1-3-19(2)21-10-14-24(15-11-21)32-18-26(30)29-28-16-20-8-12-23(13-9-20)31-17-22-6-4-5-7-25(22)27/h4-16,19H,3,17-18H2,1-2H3,(H,29,30). The molecule has 0 aliphatic rings. The van der Waals surface area contributed by atoms with E-state index in [9.17, 15) is 4.79 Å². The maximum absolute atomic E-state index is 11.9. The number of amides is 1. The van der Waals surface area contributed by atoms with E-state index in [0.29, 0.717) is 23.3 Å². The van der Waals surface area contributed by atoms with Crippen LogP contribution in [0.5, 0.6) is 11.5 Å². The normalized spacial score (nSPS) is 11.8. The van der Waals surface area contributed by atoms with E-state index >= 15 is 0 Å². The average molecular weight is 451 g/mol. The molecule has 5 nitrogen and oxygen atoms in total. The second-order valence-electron chi connectivity index (χ2n) is 7.41. The minimum atomic E-state index is -0.327. The third-order valence-corrected chi connectivity index (χ3v) is 5.44. The van der Waals surface area contributed by atoms with Crippen molar-refractivity contribution in [1.82, 2.24) is 5.43 Å². The van der Waals surface area contributed by atoms with Gasteiger partial charge in [0.2, 0.25) is 0 Å². The molecule has 1 atom stereocenters. The fourth-order valence-corrected chi connectivity index (χ4v) is 3.11. The predicted octanol–water partition coefficient (Wildman–Crippen LogP) is 5.96. The van der Waals surface area contributed by atoms with Crippen molar-refractivity contribution in [3.63, 3.8) is 0 Å². The van der Waals surface area contributed by atoms with Gasteiger partial charge in [-0.3, -0.25) is 4.79 Å². The Balaban J connectivity index is 1.41. The van der Waals surface area contributed by atoms with Crippen LogP contribution in [-0.4, -0.2) is 18.7 Å². The molecule has 1 N–H and O–H groups in total. The van der Waals surface area contributed by atoms with Gasteiger partial charge in [-0.15, -0.1) is 0 Å². The van der Waals surface area contributed by atoms with Gasteiger partial charge in [-0.2, -0.15) is 5.10 Å². The molecule has 6 heteroatoms. The summed E-state index contributed by atoms with van der Waals surface area (Å²) in [7, 11) is 0. The molecule has 166 valence electrons. The van der Waals surface area contributed by atoms with Gasteiger partial charge in [-0.1, -0.05) is 55.8 Å². The molecule has 0 saturated carbocycles. The number of halogens is 1. The number of hydrogen-bond donors (Lipinski definition) is 1. The second kappa shape index (κ2) is 11.9. The number of hydrazone groups is 1. The first-order chi connectivity index (χ1) is 15.5. The number of ether oxygens (including phenoxy) is 2. The van der Waals surface area contributed by atoms with Crippen LogP contribution >= 0.6 is 11.6 Å². The molecule has 0 aromatic heterocycles. The molecule has 0 spiro atoms. The number of rotatable bonds is 10. The fourth-order valence-electron chi connectivity index (χ4n) is 2.91. The van der Waals surface area contributed by atoms with Crippen molar-refractivity contribution in [2.45, 2.75) is 32.8 Å². The van der Waals surface area contributed by atoms with Crippen LogP contribution in [0.3, 0.4) is 0 Å². The summed E-state index contributed by atoms with van der Waals surface area (Å²) in [5, 5.41) is 4.65. The lowest BCUT2D eigenvalue weighted by molar-refractivity contribution is -0.123. The Labute approximate surface area is 194 Å². The van der Waals surface area contributed by atoms with Gasteiger partial charge >= 0.3 is 0 Å². The Bertz CT molecular complexity index is 1030. The summed E-state index contributed by atoms with van der Waals surface area (Å²) >= 11 is 6.14. The van der Waals surface area contributed by atoms with E-state index < -0.39 is 0 Å². The van der Waals surface area contributed by atoms with Crippen molar-refractivity contribution in [2.24, 2.45) is 5.10 Å². The minimum absolute atomic E-state index is 0.102. The van der Waals surface area contributed by atoms with Gasteiger partial charge < -0.3 is 9.47 Å². The van der Waals surface area contributed by atoms with E-state index in [1.807, 2.05) is 72.8 Å². The van der Waals surface area contributed by atoms with Crippen molar-refractivity contribution >= 4 is 23.7 Å². The van der Waals surface area contributed by atoms with E-state index in [-0.39, 0.29) is 12.5 Å². The molecule has 3 rings (SSSR count). The number of carbonyl (C=O) groups is 1. The number of hydrogen-bond acceptors (Lipinski definition) is 4. The molecule has 1 amide bonds. The summed E-state index contributed by atoms with van der Waals surface area (Å²) in [6.07, 6.45) is 2.65. The van der Waals surface area contributed by atoms with Crippen LogP contribution in [0.2, 0.25) is 5.02 Å². The third kappa shape index (κ3) is 7.13. The van der Waals surface area contributed by atoms with Crippen LogP contribution in [0.4, 0.5) is 0 Å². The van der Waals surface area contributed by atoms with Crippen LogP contribution in [0, 0.1) is 0 Å². The fraction of sp³-hybridized carbons (Fsp3) is 0.231. The lowest BCUT2D eigenvalue weighted by atomic mass is 9.99. The highest BCUT2D eigenvalue weighted by Crippen LogP contribution is 2.21. The van der Waals surface area contributed by atoms with Gasteiger partial charge in [-0.25, -0.2) is 5.43 Å². The minimum Gasteiger partial charge on any atom is -0.489 e. The van der Waals surface area contributed by atoms with Gasteiger partial charge in [0.25, 0.3) is 5.91 Å². The Morgan fingerprint density at radius 3 is 2.34 bits per heavy atom. The van der Waals surface area contributed by atoms with E-state index in [1.54, 1.807) is 6.21 Å². The van der Waals surface area contributed by atoms with E-state index in [2.05, 4.69) is 24.4 Å². The number of carbonyl (C=O) groups excluding carboxylic acids is 1. The molecule has 3 aromatic carbocycles. The van der Waals surface area contributed by atoms with Crippen molar-refractivity contribution in [3.8, 4) is 11.5 Å². The topological polar surface area (TPSA) is 59.9 Å². The molecule has 0 aliphatic carbocycles. The molecular weight excluding hydrogens is 424 g/mol. The summed E-state index contributed by atoms with van der Waals surface area (Å²) in [6, 6.07) is 22.8. The highest BCUT2D eigenvalue weighted by Gasteiger charge is 2.05. The summed E-state index contributed by atoms with van der Waals surface area (Å²) in [4.78, 5) is 11.9. The van der Waals surface area contributed by atoms with Gasteiger partial charge in [-0.05, 0) is 65.9 Å². The SMILES string of the molecule is CCC(C)c1ccc(OCC(=O)NN=Cc2ccc(OCc3ccccc3Cl)cc2)cc1. The maximum Gasteiger partial charge on any atom is 0.277 e. The van der Waals surface area contributed by atoms with Crippen molar-refractivity contribution in [1.29, 1.82) is 0 Å². The third-order valence-electron chi connectivity index (χ3n) is 5.07. The zero-order valence-electron chi connectivity index (χ0n) is 18.3. The summed E-state index contributed by atoms with van der Waals surface area (Å²) < 4.78 is 11.3. The molecule has 0 aliphatic heterocycles. The lowest BCUT2D eigenvalue weighted by Gasteiger charge is -2.10. The molecule has 0 saturated heterocycles. The number of benzene rings is 3. The first-order valence-electron chi connectivity index (χ1n) is 10.6. The zero-order valence-corrected chi connectivity index (χ0v) is 19.0. The van der Waals surface area contributed by atoms with Crippen LogP contribution in [0.25, 0.3) is 0 Å².